The molecule has 0 saturated heterocycles. The first-order chi connectivity index (χ1) is 5.27. The smallest absolute Gasteiger partial charge is 0.117 e. The zero-order valence-electron chi connectivity index (χ0n) is 6.92. The summed E-state index contributed by atoms with van der Waals surface area (Å²) in [5.74, 6) is 0.835. The molecule has 0 amide bonds. The van der Waals surface area contributed by atoms with Crippen LogP contribution in [0.1, 0.15) is 24.3 Å². The molecule has 1 unspecified atom stereocenters. The zero-order chi connectivity index (χ0) is 8.27. The van der Waals surface area contributed by atoms with E-state index < -0.39 is 0 Å². The fourth-order valence-corrected chi connectivity index (χ4v) is 0.898. The Morgan fingerprint density at radius 3 is 2.91 bits per heavy atom. The van der Waals surface area contributed by atoms with Crippen molar-refractivity contribution in [1.29, 1.82) is 0 Å². The van der Waals surface area contributed by atoms with Crippen molar-refractivity contribution >= 4 is 0 Å². The van der Waals surface area contributed by atoms with Gasteiger partial charge in [0.1, 0.15) is 5.76 Å². The molecular weight excluding hydrogens is 140 g/mol. The largest absolute Gasteiger partial charge is 0.468 e. The predicted molar refractivity (Wildman–Crippen MR) is 44.1 cm³/mol. The van der Waals surface area contributed by atoms with Gasteiger partial charge in [0.25, 0.3) is 0 Å². The van der Waals surface area contributed by atoms with Crippen molar-refractivity contribution in [2.24, 2.45) is 5.73 Å². The number of hydrogen-bond acceptors (Lipinski definition) is 3. The van der Waals surface area contributed by atoms with E-state index >= 15 is 0 Å². The van der Waals surface area contributed by atoms with Gasteiger partial charge in [-0.15, -0.1) is 0 Å². The van der Waals surface area contributed by atoms with Crippen LogP contribution in [0.3, 0.4) is 0 Å². The molecule has 3 heteroatoms. The van der Waals surface area contributed by atoms with Crippen LogP contribution in [0.15, 0.2) is 16.7 Å². The lowest BCUT2D eigenvalue weighted by molar-refractivity contribution is 0.506. The maximum atomic E-state index is 5.39. The number of hydrogen-bond donors (Lipinski definition) is 2. The lowest BCUT2D eigenvalue weighted by Crippen LogP contribution is -2.11. The summed E-state index contributed by atoms with van der Waals surface area (Å²) in [6, 6.07) is 2.31. The fourth-order valence-electron chi connectivity index (χ4n) is 0.898. The van der Waals surface area contributed by atoms with E-state index in [0.717, 1.165) is 11.3 Å². The Hall–Kier alpha value is -0.800. The van der Waals surface area contributed by atoms with Gasteiger partial charge in [-0.05, 0) is 20.0 Å². The number of nitrogens with one attached hydrogen (secondary N) is 1. The van der Waals surface area contributed by atoms with Crippen LogP contribution in [0.5, 0.6) is 0 Å². The van der Waals surface area contributed by atoms with Gasteiger partial charge in [-0.25, -0.2) is 0 Å². The van der Waals surface area contributed by atoms with Crippen LogP contribution >= 0.6 is 0 Å². The fraction of sp³-hybridized carbons (Fsp3) is 0.500. The van der Waals surface area contributed by atoms with Crippen LogP contribution in [0, 0.1) is 0 Å². The maximum absolute atomic E-state index is 5.39. The van der Waals surface area contributed by atoms with Crippen molar-refractivity contribution in [2.75, 3.05) is 7.05 Å². The van der Waals surface area contributed by atoms with Gasteiger partial charge in [-0.1, -0.05) is 0 Å². The van der Waals surface area contributed by atoms with E-state index in [-0.39, 0.29) is 0 Å². The summed E-state index contributed by atoms with van der Waals surface area (Å²) in [5, 5.41) is 3.12. The van der Waals surface area contributed by atoms with Gasteiger partial charge in [0.2, 0.25) is 0 Å². The molecule has 62 valence electrons. The van der Waals surface area contributed by atoms with Crippen molar-refractivity contribution in [3.63, 3.8) is 0 Å². The molecule has 1 atom stereocenters. The normalized spacial score (nSPS) is 13.4. The topological polar surface area (TPSA) is 51.2 Å². The summed E-state index contributed by atoms with van der Waals surface area (Å²) >= 11 is 0. The molecule has 1 aromatic heterocycles. The molecule has 0 saturated carbocycles. The van der Waals surface area contributed by atoms with E-state index in [1.54, 1.807) is 6.26 Å². The standard InChI is InChI=1S/C8H14N2O/c1-6(10-2)7-3-8(4-9)11-5-7/h3,5-6,10H,4,9H2,1-2H3. The number of nitrogens with two attached hydrogens (primary N) is 1. The third-order valence-corrected chi connectivity index (χ3v) is 1.81. The average Bonchev–Trinajstić information content (AvgIpc) is 2.50. The van der Waals surface area contributed by atoms with Crippen molar-refractivity contribution in [3.8, 4) is 0 Å². The maximum Gasteiger partial charge on any atom is 0.117 e. The Balaban J connectivity index is 2.71. The highest BCUT2D eigenvalue weighted by Gasteiger charge is 2.05. The molecule has 0 fully saturated rings. The van der Waals surface area contributed by atoms with Crippen molar-refractivity contribution in [1.82, 2.24) is 5.32 Å². The van der Waals surface area contributed by atoms with Crippen LogP contribution in [0.25, 0.3) is 0 Å². The third kappa shape index (κ3) is 1.82. The molecule has 0 aromatic carbocycles. The first-order valence-corrected chi connectivity index (χ1v) is 3.72. The number of furan rings is 1. The first kappa shape index (κ1) is 8.30. The third-order valence-electron chi connectivity index (χ3n) is 1.81. The van der Waals surface area contributed by atoms with Gasteiger partial charge in [-0.3, -0.25) is 0 Å². The van der Waals surface area contributed by atoms with E-state index in [0.29, 0.717) is 12.6 Å². The molecule has 0 radical (unpaired) electrons. The Morgan fingerprint density at radius 2 is 2.45 bits per heavy atom. The van der Waals surface area contributed by atoms with Crippen LogP contribution in [0.2, 0.25) is 0 Å². The van der Waals surface area contributed by atoms with E-state index in [2.05, 4.69) is 12.2 Å². The van der Waals surface area contributed by atoms with Crippen molar-refractivity contribution in [2.45, 2.75) is 19.5 Å². The van der Waals surface area contributed by atoms with Gasteiger partial charge >= 0.3 is 0 Å². The van der Waals surface area contributed by atoms with Gasteiger partial charge in [0.15, 0.2) is 0 Å². The Kier molecular flexibility index (Phi) is 2.68. The molecule has 0 spiro atoms. The molecule has 3 N–H and O–H groups in total. The molecule has 0 aliphatic carbocycles. The van der Waals surface area contributed by atoms with E-state index in [9.17, 15) is 0 Å². The molecule has 11 heavy (non-hydrogen) atoms. The van der Waals surface area contributed by atoms with Crippen LogP contribution in [-0.4, -0.2) is 7.05 Å². The van der Waals surface area contributed by atoms with E-state index in [1.165, 1.54) is 0 Å². The minimum absolute atomic E-state index is 0.332. The summed E-state index contributed by atoms with van der Waals surface area (Å²) in [6.07, 6.45) is 1.74. The highest BCUT2D eigenvalue weighted by atomic mass is 16.3. The molecule has 0 aliphatic rings. The second-order valence-corrected chi connectivity index (χ2v) is 2.56. The van der Waals surface area contributed by atoms with E-state index in [4.69, 9.17) is 10.2 Å². The molecule has 0 aliphatic heterocycles. The molecule has 0 bridgehead atoms. The quantitative estimate of drug-likeness (QED) is 0.683. The Labute approximate surface area is 66.6 Å². The molecule has 1 rings (SSSR count). The molecule has 1 aromatic rings. The highest BCUT2D eigenvalue weighted by Crippen LogP contribution is 2.14. The molecule has 1 heterocycles. The monoisotopic (exact) mass is 154 g/mol. The average molecular weight is 154 g/mol. The summed E-state index contributed by atoms with van der Waals surface area (Å²) in [5.41, 5.74) is 6.54. The highest BCUT2D eigenvalue weighted by molar-refractivity contribution is 5.16. The zero-order valence-corrected chi connectivity index (χ0v) is 6.92. The van der Waals surface area contributed by atoms with E-state index in [1.807, 2.05) is 13.1 Å². The minimum Gasteiger partial charge on any atom is -0.468 e. The second-order valence-electron chi connectivity index (χ2n) is 2.56. The Bertz CT molecular complexity index is 220. The Morgan fingerprint density at radius 1 is 1.73 bits per heavy atom. The first-order valence-electron chi connectivity index (χ1n) is 3.72. The van der Waals surface area contributed by atoms with Crippen LogP contribution in [0.4, 0.5) is 0 Å². The summed E-state index contributed by atoms with van der Waals surface area (Å²) in [4.78, 5) is 0. The van der Waals surface area contributed by atoms with Crippen LogP contribution < -0.4 is 11.1 Å². The van der Waals surface area contributed by atoms with Gasteiger partial charge in [-0.2, -0.15) is 0 Å². The van der Waals surface area contributed by atoms with Gasteiger partial charge < -0.3 is 15.5 Å². The lowest BCUT2D eigenvalue weighted by Gasteiger charge is -2.04. The van der Waals surface area contributed by atoms with Crippen LogP contribution in [-0.2, 0) is 6.54 Å². The van der Waals surface area contributed by atoms with Crippen molar-refractivity contribution in [3.05, 3.63) is 23.7 Å². The summed E-state index contributed by atoms with van der Waals surface area (Å²) in [7, 11) is 1.92. The number of rotatable bonds is 3. The molecular formula is C8H14N2O. The molecule has 3 nitrogen and oxygen atoms in total. The van der Waals surface area contributed by atoms with Gasteiger partial charge in [0.05, 0.1) is 12.8 Å². The van der Waals surface area contributed by atoms with Gasteiger partial charge in [0, 0.05) is 11.6 Å². The minimum atomic E-state index is 0.332. The lowest BCUT2D eigenvalue weighted by atomic mass is 10.2. The summed E-state index contributed by atoms with van der Waals surface area (Å²) < 4.78 is 5.17. The second kappa shape index (κ2) is 3.55. The predicted octanol–water partition coefficient (Wildman–Crippen LogP) is 1.02. The van der Waals surface area contributed by atoms with Crippen molar-refractivity contribution < 1.29 is 4.42 Å². The summed E-state index contributed by atoms with van der Waals surface area (Å²) in [6.45, 7) is 2.54. The SMILES string of the molecule is CNC(C)c1coc(CN)c1.